The maximum Gasteiger partial charge on any atom is 0.323 e. The molecule has 21 heavy (non-hydrogen) atoms. The van der Waals surface area contributed by atoms with Gasteiger partial charge < -0.3 is 10.0 Å². The smallest absolute Gasteiger partial charge is 0.323 e. The van der Waals surface area contributed by atoms with E-state index in [2.05, 4.69) is 5.32 Å². The molecule has 0 heterocycles. The highest BCUT2D eigenvalue weighted by molar-refractivity contribution is 5.82. The molecule has 1 fully saturated rings. The third-order valence-corrected chi connectivity index (χ3v) is 4.87. The second-order valence-electron chi connectivity index (χ2n) is 5.92. The molecule has 1 amide bonds. The molecule has 0 atom stereocenters. The molecule has 0 spiro atoms. The zero-order chi connectivity index (χ0) is 15.9. The highest BCUT2D eigenvalue weighted by atomic mass is 16.4. The summed E-state index contributed by atoms with van der Waals surface area (Å²) in [5.74, 6) is -0.849. The molecule has 1 rings (SSSR count). The van der Waals surface area contributed by atoms with E-state index in [1.54, 1.807) is 0 Å². The van der Waals surface area contributed by atoms with Crippen molar-refractivity contribution in [1.29, 1.82) is 0 Å². The van der Waals surface area contributed by atoms with Crippen LogP contribution in [0.25, 0.3) is 0 Å². The minimum absolute atomic E-state index is 0.0249. The van der Waals surface area contributed by atoms with Gasteiger partial charge in [-0.1, -0.05) is 33.1 Å². The van der Waals surface area contributed by atoms with Gasteiger partial charge in [-0.25, -0.2) is 0 Å². The van der Waals surface area contributed by atoms with Gasteiger partial charge in [0, 0.05) is 12.6 Å². The van der Waals surface area contributed by atoms with Crippen molar-refractivity contribution in [3.05, 3.63) is 0 Å². The fourth-order valence-electron chi connectivity index (χ4n) is 3.26. The predicted octanol–water partition coefficient (Wildman–Crippen LogP) is 2.40. The Balaban J connectivity index is 2.63. The molecule has 0 unspecified atom stereocenters. The number of rotatable bonds is 8. The van der Waals surface area contributed by atoms with Crippen LogP contribution in [0.4, 0.5) is 0 Å². The summed E-state index contributed by atoms with van der Waals surface area (Å²) in [4.78, 5) is 25.8. The molecule has 1 aliphatic carbocycles. The SMILES string of the molecule is CCN(C(=O)CNC(CC)(CC)C(=O)O)C1CCCCC1. The first-order chi connectivity index (χ1) is 10.0. The zero-order valence-electron chi connectivity index (χ0n) is 13.7. The van der Waals surface area contributed by atoms with Gasteiger partial charge in [-0.3, -0.25) is 14.9 Å². The Morgan fingerprint density at radius 1 is 1.14 bits per heavy atom. The maximum absolute atomic E-state index is 12.4. The van der Waals surface area contributed by atoms with Crippen molar-refractivity contribution in [3.63, 3.8) is 0 Å². The zero-order valence-corrected chi connectivity index (χ0v) is 13.7. The number of aliphatic carboxylic acids is 1. The summed E-state index contributed by atoms with van der Waals surface area (Å²) in [6.45, 7) is 6.49. The van der Waals surface area contributed by atoms with Crippen LogP contribution in [-0.4, -0.2) is 46.6 Å². The van der Waals surface area contributed by atoms with E-state index in [-0.39, 0.29) is 12.5 Å². The number of amides is 1. The van der Waals surface area contributed by atoms with Crippen molar-refractivity contribution < 1.29 is 14.7 Å². The van der Waals surface area contributed by atoms with Crippen LogP contribution in [-0.2, 0) is 9.59 Å². The summed E-state index contributed by atoms with van der Waals surface area (Å²) in [5.41, 5.74) is -0.984. The maximum atomic E-state index is 12.4. The molecular weight excluding hydrogens is 268 g/mol. The van der Waals surface area contributed by atoms with E-state index in [4.69, 9.17) is 0 Å². The molecule has 0 bridgehead atoms. The second-order valence-corrected chi connectivity index (χ2v) is 5.92. The van der Waals surface area contributed by atoms with Gasteiger partial charge in [0.05, 0.1) is 6.54 Å². The first-order valence-electron chi connectivity index (χ1n) is 8.28. The minimum Gasteiger partial charge on any atom is -0.480 e. The van der Waals surface area contributed by atoms with Crippen molar-refractivity contribution in [2.45, 2.75) is 77.3 Å². The average molecular weight is 298 g/mol. The molecule has 1 aliphatic rings. The van der Waals surface area contributed by atoms with Crippen molar-refractivity contribution >= 4 is 11.9 Å². The minimum atomic E-state index is -0.984. The van der Waals surface area contributed by atoms with Crippen LogP contribution in [0.5, 0.6) is 0 Å². The van der Waals surface area contributed by atoms with E-state index < -0.39 is 11.5 Å². The molecule has 122 valence electrons. The fourth-order valence-corrected chi connectivity index (χ4v) is 3.26. The van der Waals surface area contributed by atoms with E-state index >= 15 is 0 Å². The van der Waals surface area contributed by atoms with E-state index in [1.165, 1.54) is 19.3 Å². The van der Waals surface area contributed by atoms with Crippen LogP contribution in [0.1, 0.15) is 65.7 Å². The quantitative estimate of drug-likeness (QED) is 0.722. The summed E-state index contributed by atoms with van der Waals surface area (Å²) in [5, 5.41) is 12.4. The van der Waals surface area contributed by atoms with E-state index in [0.717, 1.165) is 12.8 Å². The molecule has 5 heteroatoms. The van der Waals surface area contributed by atoms with Gasteiger partial charge in [0.1, 0.15) is 5.54 Å². The largest absolute Gasteiger partial charge is 0.480 e. The van der Waals surface area contributed by atoms with Crippen LogP contribution in [0, 0.1) is 0 Å². The van der Waals surface area contributed by atoms with E-state index in [0.29, 0.717) is 25.4 Å². The monoisotopic (exact) mass is 298 g/mol. The Kier molecular flexibility index (Phi) is 7.15. The third kappa shape index (κ3) is 4.43. The van der Waals surface area contributed by atoms with Gasteiger partial charge in [-0.05, 0) is 32.6 Å². The Bertz CT molecular complexity index is 347. The lowest BCUT2D eigenvalue weighted by molar-refractivity contribution is -0.145. The lowest BCUT2D eigenvalue weighted by Crippen LogP contribution is -2.55. The summed E-state index contributed by atoms with van der Waals surface area (Å²) in [6, 6.07) is 0.334. The third-order valence-electron chi connectivity index (χ3n) is 4.87. The van der Waals surface area contributed by atoms with Crippen molar-refractivity contribution in [3.8, 4) is 0 Å². The Morgan fingerprint density at radius 2 is 1.71 bits per heavy atom. The number of nitrogens with one attached hydrogen (secondary N) is 1. The van der Waals surface area contributed by atoms with E-state index in [9.17, 15) is 14.7 Å². The number of carboxylic acid groups (broad SMARTS) is 1. The van der Waals surface area contributed by atoms with Gasteiger partial charge in [0.25, 0.3) is 0 Å². The number of hydrogen-bond acceptors (Lipinski definition) is 3. The van der Waals surface area contributed by atoms with Gasteiger partial charge in [-0.15, -0.1) is 0 Å². The molecule has 0 aromatic carbocycles. The first-order valence-corrected chi connectivity index (χ1v) is 8.28. The van der Waals surface area contributed by atoms with Crippen LogP contribution in [0.3, 0.4) is 0 Å². The van der Waals surface area contributed by atoms with Crippen molar-refractivity contribution in [2.75, 3.05) is 13.1 Å². The summed E-state index contributed by atoms with van der Waals surface area (Å²) in [7, 11) is 0. The Morgan fingerprint density at radius 3 is 2.14 bits per heavy atom. The Labute approximate surface area is 128 Å². The van der Waals surface area contributed by atoms with Gasteiger partial charge in [0.2, 0.25) is 5.91 Å². The average Bonchev–Trinajstić information content (AvgIpc) is 2.50. The summed E-state index contributed by atoms with van der Waals surface area (Å²) >= 11 is 0. The first kappa shape index (κ1) is 18.0. The topological polar surface area (TPSA) is 69.6 Å². The van der Waals surface area contributed by atoms with Crippen LogP contribution in [0.2, 0.25) is 0 Å². The standard InChI is InChI=1S/C16H30N2O3/c1-4-16(5-2,15(20)21)17-12-14(19)18(6-3)13-10-8-7-9-11-13/h13,17H,4-12H2,1-3H3,(H,20,21). The molecule has 5 nitrogen and oxygen atoms in total. The molecule has 2 N–H and O–H groups in total. The number of nitrogens with zero attached hydrogens (tertiary/aromatic N) is 1. The molecule has 1 saturated carbocycles. The molecule has 0 aromatic rings. The molecule has 0 saturated heterocycles. The summed E-state index contributed by atoms with van der Waals surface area (Å²) < 4.78 is 0. The van der Waals surface area contributed by atoms with Gasteiger partial charge in [0.15, 0.2) is 0 Å². The number of carbonyl (C=O) groups is 2. The number of carbonyl (C=O) groups excluding carboxylic acids is 1. The van der Waals surface area contributed by atoms with E-state index in [1.807, 2.05) is 25.7 Å². The lowest BCUT2D eigenvalue weighted by Gasteiger charge is -2.35. The summed E-state index contributed by atoms with van der Waals surface area (Å²) in [6.07, 6.45) is 6.73. The predicted molar refractivity (Wildman–Crippen MR) is 83.2 cm³/mol. The highest BCUT2D eigenvalue weighted by Gasteiger charge is 2.35. The molecule has 0 radical (unpaired) electrons. The normalized spacial score (nSPS) is 16.7. The van der Waals surface area contributed by atoms with Crippen molar-refractivity contribution in [2.24, 2.45) is 0 Å². The van der Waals surface area contributed by atoms with Crippen LogP contribution >= 0.6 is 0 Å². The van der Waals surface area contributed by atoms with Crippen LogP contribution in [0.15, 0.2) is 0 Å². The molecular formula is C16H30N2O3. The van der Waals surface area contributed by atoms with Gasteiger partial charge in [-0.2, -0.15) is 0 Å². The Hall–Kier alpha value is -1.10. The highest BCUT2D eigenvalue weighted by Crippen LogP contribution is 2.23. The number of hydrogen-bond donors (Lipinski definition) is 2. The molecule has 0 aliphatic heterocycles. The second kappa shape index (κ2) is 8.37. The molecule has 0 aromatic heterocycles. The van der Waals surface area contributed by atoms with Gasteiger partial charge >= 0.3 is 5.97 Å². The van der Waals surface area contributed by atoms with Crippen LogP contribution < -0.4 is 5.32 Å². The number of carboxylic acids is 1. The van der Waals surface area contributed by atoms with Crippen molar-refractivity contribution in [1.82, 2.24) is 10.2 Å². The fraction of sp³-hybridized carbons (Fsp3) is 0.875. The number of likely N-dealkylation sites (N-methyl/N-ethyl adjacent to an activating group) is 1. The lowest BCUT2D eigenvalue weighted by atomic mass is 9.92.